The lowest BCUT2D eigenvalue weighted by molar-refractivity contribution is -0.127. The molecule has 1 aliphatic carbocycles. The molecule has 3 rings (SSSR count). The lowest BCUT2D eigenvalue weighted by Crippen LogP contribution is -2.43. The highest BCUT2D eigenvalue weighted by atomic mass is 16.2. The van der Waals surface area contributed by atoms with Crippen LogP contribution in [0.25, 0.3) is 0 Å². The van der Waals surface area contributed by atoms with E-state index >= 15 is 0 Å². The Bertz CT molecular complexity index is 486. The fourth-order valence-electron chi connectivity index (χ4n) is 3.57. The minimum absolute atomic E-state index is 0.169. The highest BCUT2D eigenvalue weighted by molar-refractivity contribution is 5.79. The van der Waals surface area contributed by atoms with Gasteiger partial charge in [-0.2, -0.15) is 0 Å². The molecule has 0 spiro atoms. The van der Waals surface area contributed by atoms with Crippen molar-refractivity contribution in [1.29, 1.82) is 0 Å². The molecule has 0 aromatic heterocycles. The Morgan fingerprint density at radius 3 is 2.95 bits per heavy atom. The van der Waals surface area contributed by atoms with E-state index in [-0.39, 0.29) is 17.9 Å². The molecule has 1 aromatic rings. The van der Waals surface area contributed by atoms with Crippen LogP contribution in [0, 0.1) is 5.92 Å². The lowest BCUT2D eigenvalue weighted by atomic mass is 9.87. The van der Waals surface area contributed by atoms with E-state index in [9.17, 15) is 4.79 Å². The van der Waals surface area contributed by atoms with Crippen molar-refractivity contribution in [2.24, 2.45) is 5.92 Å². The van der Waals surface area contributed by atoms with Crippen molar-refractivity contribution in [2.45, 2.75) is 38.1 Å². The summed E-state index contributed by atoms with van der Waals surface area (Å²) in [6.45, 7) is 2.02. The Kier molecular flexibility index (Phi) is 4.06. The molecule has 1 aromatic carbocycles. The van der Waals surface area contributed by atoms with Crippen LogP contribution in [-0.2, 0) is 11.2 Å². The molecule has 2 atom stereocenters. The highest BCUT2D eigenvalue weighted by Gasteiger charge is 2.27. The number of likely N-dealkylation sites (tertiary alicyclic amines) is 1. The molecule has 3 nitrogen and oxygen atoms in total. The minimum Gasteiger partial charge on any atom is -0.349 e. The zero-order chi connectivity index (χ0) is 13.9. The first-order valence-electron chi connectivity index (χ1n) is 7.81. The van der Waals surface area contributed by atoms with Gasteiger partial charge in [0.05, 0.1) is 12.0 Å². The Morgan fingerprint density at radius 2 is 2.10 bits per heavy atom. The van der Waals surface area contributed by atoms with Gasteiger partial charge in [-0.05, 0) is 56.8 Å². The summed E-state index contributed by atoms with van der Waals surface area (Å²) < 4.78 is 0. The molecule has 1 saturated heterocycles. The third-order valence-corrected chi connectivity index (χ3v) is 4.68. The number of piperidine rings is 1. The van der Waals surface area contributed by atoms with Crippen LogP contribution < -0.4 is 5.32 Å². The second-order valence-corrected chi connectivity index (χ2v) is 6.25. The molecule has 1 aliphatic heterocycles. The number of rotatable bonds is 2. The molecule has 20 heavy (non-hydrogen) atoms. The third kappa shape index (κ3) is 2.88. The van der Waals surface area contributed by atoms with E-state index in [2.05, 4.69) is 41.5 Å². The maximum atomic E-state index is 12.5. The average molecular weight is 272 g/mol. The van der Waals surface area contributed by atoms with Gasteiger partial charge in [-0.3, -0.25) is 4.79 Å². The standard InChI is InChI=1S/C17H24N2O/c1-19-11-5-8-14(12-19)17(20)18-16-10-4-7-13-6-2-3-9-15(13)16/h2-3,6,9,14,16H,4-5,7-8,10-12H2,1H3,(H,18,20)/t14-,16+/m0/s1. The van der Waals surface area contributed by atoms with Crippen molar-refractivity contribution >= 4 is 5.91 Å². The molecule has 0 bridgehead atoms. The molecule has 2 aliphatic rings. The van der Waals surface area contributed by atoms with Gasteiger partial charge in [0.2, 0.25) is 5.91 Å². The summed E-state index contributed by atoms with van der Waals surface area (Å²) in [4.78, 5) is 14.8. The molecule has 3 heteroatoms. The molecular weight excluding hydrogens is 248 g/mol. The molecule has 0 saturated carbocycles. The van der Waals surface area contributed by atoms with Crippen LogP contribution in [0.2, 0.25) is 0 Å². The van der Waals surface area contributed by atoms with E-state index in [1.807, 2.05) is 0 Å². The number of hydrogen-bond donors (Lipinski definition) is 1. The average Bonchev–Trinajstić information content (AvgIpc) is 2.47. The van der Waals surface area contributed by atoms with Crippen LogP contribution >= 0.6 is 0 Å². The fraction of sp³-hybridized carbons (Fsp3) is 0.588. The van der Waals surface area contributed by atoms with Gasteiger partial charge in [0, 0.05) is 6.54 Å². The van der Waals surface area contributed by atoms with Crippen LogP contribution in [0.1, 0.15) is 42.9 Å². The summed E-state index contributed by atoms with van der Waals surface area (Å²) in [5, 5.41) is 3.30. The Hall–Kier alpha value is -1.35. The Balaban J connectivity index is 1.68. The topological polar surface area (TPSA) is 32.3 Å². The maximum Gasteiger partial charge on any atom is 0.224 e. The molecule has 108 valence electrons. The van der Waals surface area contributed by atoms with E-state index in [0.29, 0.717) is 0 Å². The second-order valence-electron chi connectivity index (χ2n) is 6.25. The van der Waals surface area contributed by atoms with Crippen molar-refractivity contribution in [3.05, 3.63) is 35.4 Å². The van der Waals surface area contributed by atoms with E-state index in [1.165, 1.54) is 17.5 Å². The first-order chi connectivity index (χ1) is 9.74. The van der Waals surface area contributed by atoms with Crippen LogP contribution in [0.15, 0.2) is 24.3 Å². The van der Waals surface area contributed by atoms with Crippen molar-refractivity contribution in [1.82, 2.24) is 10.2 Å². The summed E-state index contributed by atoms with van der Waals surface area (Å²) in [5.41, 5.74) is 2.74. The second kappa shape index (κ2) is 5.96. The normalized spacial score (nSPS) is 26.9. The third-order valence-electron chi connectivity index (χ3n) is 4.68. The predicted molar refractivity (Wildman–Crippen MR) is 80.5 cm³/mol. The SMILES string of the molecule is CN1CCC[C@H](C(=O)N[C@@H]2CCCc3ccccc32)C1. The van der Waals surface area contributed by atoms with E-state index in [0.717, 1.165) is 38.8 Å². The molecule has 0 radical (unpaired) electrons. The monoisotopic (exact) mass is 272 g/mol. The molecule has 1 heterocycles. The van der Waals surface area contributed by atoms with E-state index in [4.69, 9.17) is 0 Å². The molecule has 0 unspecified atom stereocenters. The Morgan fingerprint density at radius 1 is 1.25 bits per heavy atom. The number of aryl methyl sites for hydroxylation is 1. The summed E-state index contributed by atoms with van der Waals surface area (Å²) in [5.74, 6) is 0.418. The first kappa shape index (κ1) is 13.6. The molecule has 1 N–H and O–H groups in total. The quantitative estimate of drug-likeness (QED) is 0.897. The maximum absolute atomic E-state index is 12.5. The van der Waals surface area contributed by atoms with Gasteiger partial charge in [0.25, 0.3) is 0 Å². The largest absolute Gasteiger partial charge is 0.349 e. The predicted octanol–water partition coefficient (Wildman–Crippen LogP) is 2.52. The number of nitrogens with zero attached hydrogens (tertiary/aromatic N) is 1. The number of nitrogens with one attached hydrogen (secondary N) is 1. The van der Waals surface area contributed by atoms with E-state index in [1.54, 1.807) is 0 Å². The van der Waals surface area contributed by atoms with Crippen LogP contribution in [0.5, 0.6) is 0 Å². The number of benzene rings is 1. The lowest BCUT2D eigenvalue weighted by Gasteiger charge is -2.32. The minimum atomic E-state index is 0.169. The number of amides is 1. The van der Waals surface area contributed by atoms with Gasteiger partial charge < -0.3 is 10.2 Å². The molecular formula is C17H24N2O. The number of carbonyl (C=O) groups is 1. The van der Waals surface area contributed by atoms with Gasteiger partial charge in [0.15, 0.2) is 0 Å². The smallest absolute Gasteiger partial charge is 0.224 e. The fourth-order valence-corrected chi connectivity index (χ4v) is 3.57. The van der Waals surface area contributed by atoms with Crippen molar-refractivity contribution < 1.29 is 4.79 Å². The summed E-state index contributed by atoms with van der Waals surface area (Å²) in [6.07, 6.45) is 5.56. The number of carbonyl (C=O) groups excluding carboxylic acids is 1. The van der Waals surface area contributed by atoms with Crippen molar-refractivity contribution in [3.63, 3.8) is 0 Å². The number of hydrogen-bond acceptors (Lipinski definition) is 2. The van der Waals surface area contributed by atoms with Gasteiger partial charge in [0.1, 0.15) is 0 Å². The van der Waals surface area contributed by atoms with Gasteiger partial charge in [-0.1, -0.05) is 24.3 Å². The zero-order valence-corrected chi connectivity index (χ0v) is 12.3. The van der Waals surface area contributed by atoms with Crippen LogP contribution in [0.4, 0.5) is 0 Å². The van der Waals surface area contributed by atoms with Crippen LogP contribution in [0.3, 0.4) is 0 Å². The van der Waals surface area contributed by atoms with Crippen molar-refractivity contribution in [3.8, 4) is 0 Å². The summed E-state index contributed by atoms with van der Waals surface area (Å²) in [6, 6.07) is 8.77. The van der Waals surface area contributed by atoms with Gasteiger partial charge in [-0.25, -0.2) is 0 Å². The van der Waals surface area contributed by atoms with Gasteiger partial charge in [-0.15, -0.1) is 0 Å². The van der Waals surface area contributed by atoms with Crippen molar-refractivity contribution in [2.75, 3.05) is 20.1 Å². The zero-order valence-electron chi connectivity index (χ0n) is 12.3. The van der Waals surface area contributed by atoms with Crippen LogP contribution in [-0.4, -0.2) is 30.9 Å². The Labute approximate surface area is 121 Å². The summed E-state index contributed by atoms with van der Waals surface area (Å²) >= 11 is 0. The number of fused-ring (bicyclic) bond motifs is 1. The van der Waals surface area contributed by atoms with E-state index < -0.39 is 0 Å². The summed E-state index contributed by atoms with van der Waals surface area (Å²) in [7, 11) is 2.11. The molecule has 1 fully saturated rings. The first-order valence-corrected chi connectivity index (χ1v) is 7.81. The molecule has 1 amide bonds. The highest BCUT2D eigenvalue weighted by Crippen LogP contribution is 2.30. The van der Waals surface area contributed by atoms with Gasteiger partial charge >= 0.3 is 0 Å².